The van der Waals surface area contributed by atoms with Crippen LogP contribution in [-0.4, -0.2) is 24.3 Å². The Labute approximate surface area is 138 Å². The minimum Gasteiger partial charge on any atom is -0.330 e. The highest BCUT2D eigenvalue weighted by Crippen LogP contribution is 2.19. The van der Waals surface area contributed by atoms with E-state index in [0.29, 0.717) is 17.5 Å². The molecule has 0 aliphatic carbocycles. The van der Waals surface area contributed by atoms with E-state index in [1.807, 2.05) is 37.5 Å². The number of nitrogens with zero attached hydrogens (tertiary/aromatic N) is 4. The molecule has 0 amide bonds. The fourth-order valence-electron chi connectivity index (χ4n) is 2.37. The average Bonchev–Trinajstić information content (AvgIpc) is 3.15. The number of H-pyrrole nitrogens is 1. The van der Waals surface area contributed by atoms with Gasteiger partial charge in [-0.25, -0.2) is 14.9 Å². The number of rotatable bonds is 7. The van der Waals surface area contributed by atoms with E-state index in [9.17, 15) is 4.79 Å². The first-order valence-electron chi connectivity index (χ1n) is 7.60. The van der Waals surface area contributed by atoms with Crippen LogP contribution in [0.3, 0.4) is 0 Å². The second-order valence-electron chi connectivity index (χ2n) is 5.21. The molecule has 0 radical (unpaired) electrons. The first-order valence-corrected chi connectivity index (χ1v) is 8.58. The SMILES string of the molecule is CCCn1c(SCc2nccn2Cc2ccccc2)n[nH]c1=O. The molecule has 3 rings (SSSR count). The van der Waals surface area contributed by atoms with Crippen LogP contribution >= 0.6 is 11.8 Å². The first kappa shape index (κ1) is 15.6. The van der Waals surface area contributed by atoms with Crippen molar-refractivity contribution in [2.75, 3.05) is 0 Å². The third-order valence-electron chi connectivity index (χ3n) is 3.50. The van der Waals surface area contributed by atoms with E-state index in [4.69, 9.17) is 0 Å². The van der Waals surface area contributed by atoms with Crippen LogP contribution in [-0.2, 0) is 18.8 Å². The fraction of sp³-hybridized carbons (Fsp3) is 0.312. The van der Waals surface area contributed by atoms with Crippen molar-refractivity contribution >= 4 is 11.8 Å². The summed E-state index contributed by atoms with van der Waals surface area (Å²) in [6.07, 6.45) is 4.69. The molecule has 120 valence electrons. The number of benzene rings is 1. The molecule has 0 atom stereocenters. The fourth-order valence-corrected chi connectivity index (χ4v) is 3.31. The lowest BCUT2D eigenvalue weighted by atomic mass is 10.2. The summed E-state index contributed by atoms with van der Waals surface area (Å²) in [6, 6.07) is 10.3. The molecule has 0 fully saturated rings. The van der Waals surface area contributed by atoms with Gasteiger partial charge in [-0.15, -0.1) is 5.10 Å². The second kappa shape index (κ2) is 7.32. The lowest BCUT2D eigenvalue weighted by molar-refractivity contribution is 0.603. The van der Waals surface area contributed by atoms with Crippen molar-refractivity contribution in [3.8, 4) is 0 Å². The van der Waals surface area contributed by atoms with Gasteiger partial charge in [0.15, 0.2) is 5.16 Å². The Hall–Kier alpha value is -2.28. The van der Waals surface area contributed by atoms with Crippen LogP contribution < -0.4 is 5.69 Å². The summed E-state index contributed by atoms with van der Waals surface area (Å²) >= 11 is 1.53. The van der Waals surface area contributed by atoms with Crippen LogP contribution in [0.1, 0.15) is 24.7 Å². The number of imidazole rings is 1. The van der Waals surface area contributed by atoms with Crippen LogP contribution in [0.15, 0.2) is 52.7 Å². The number of nitrogens with one attached hydrogen (secondary N) is 1. The normalized spacial score (nSPS) is 11.0. The van der Waals surface area contributed by atoms with Crippen molar-refractivity contribution in [3.05, 3.63) is 64.6 Å². The molecule has 0 unspecified atom stereocenters. The van der Waals surface area contributed by atoms with E-state index in [-0.39, 0.29) is 5.69 Å². The van der Waals surface area contributed by atoms with Crippen molar-refractivity contribution in [1.82, 2.24) is 24.3 Å². The molecule has 0 aliphatic heterocycles. The van der Waals surface area contributed by atoms with E-state index in [1.165, 1.54) is 17.3 Å². The van der Waals surface area contributed by atoms with E-state index in [2.05, 4.69) is 31.9 Å². The van der Waals surface area contributed by atoms with Crippen LogP contribution in [0.25, 0.3) is 0 Å². The quantitative estimate of drug-likeness (QED) is 0.676. The van der Waals surface area contributed by atoms with E-state index in [0.717, 1.165) is 18.8 Å². The maximum absolute atomic E-state index is 11.7. The first-order chi connectivity index (χ1) is 11.3. The summed E-state index contributed by atoms with van der Waals surface area (Å²) in [5.41, 5.74) is 1.08. The van der Waals surface area contributed by atoms with Gasteiger partial charge in [0.2, 0.25) is 0 Å². The molecule has 6 nitrogen and oxygen atoms in total. The molecule has 2 heterocycles. The average molecular weight is 329 g/mol. The van der Waals surface area contributed by atoms with Crippen molar-refractivity contribution in [2.24, 2.45) is 0 Å². The van der Waals surface area contributed by atoms with Crippen LogP contribution in [0, 0.1) is 0 Å². The molecule has 0 aliphatic rings. The molecular weight excluding hydrogens is 310 g/mol. The Morgan fingerprint density at radius 3 is 2.87 bits per heavy atom. The highest BCUT2D eigenvalue weighted by atomic mass is 32.2. The summed E-state index contributed by atoms with van der Waals surface area (Å²) in [7, 11) is 0. The zero-order chi connectivity index (χ0) is 16.1. The van der Waals surface area contributed by atoms with Crippen molar-refractivity contribution in [2.45, 2.75) is 37.3 Å². The Morgan fingerprint density at radius 1 is 1.26 bits per heavy atom. The lowest BCUT2D eigenvalue weighted by Gasteiger charge is -2.08. The van der Waals surface area contributed by atoms with Gasteiger partial charge in [-0.3, -0.25) is 4.57 Å². The molecule has 0 spiro atoms. The maximum Gasteiger partial charge on any atom is 0.343 e. The Kier molecular flexibility index (Phi) is 4.97. The van der Waals surface area contributed by atoms with Crippen LogP contribution in [0.2, 0.25) is 0 Å². The third-order valence-corrected chi connectivity index (χ3v) is 4.47. The summed E-state index contributed by atoms with van der Waals surface area (Å²) in [6.45, 7) is 3.51. The molecule has 0 bridgehead atoms. The van der Waals surface area contributed by atoms with Gasteiger partial charge in [-0.05, 0) is 12.0 Å². The van der Waals surface area contributed by atoms with E-state index < -0.39 is 0 Å². The molecule has 1 N–H and O–H groups in total. The zero-order valence-corrected chi connectivity index (χ0v) is 13.8. The lowest BCUT2D eigenvalue weighted by Crippen LogP contribution is -2.17. The monoisotopic (exact) mass is 329 g/mol. The second-order valence-corrected chi connectivity index (χ2v) is 6.15. The molecule has 0 saturated heterocycles. The number of thioether (sulfide) groups is 1. The van der Waals surface area contributed by atoms with Gasteiger partial charge in [0.05, 0.1) is 5.75 Å². The summed E-state index contributed by atoms with van der Waals surface area (Å²) < 4.78 is 3.80. The predicted octanol–water partition coefficient (Wildman–Crippen LogP) is 2.52. The Bertz CT molecular complexity index is 805. The van der Waals surface area contributed by atoms with Gasteiger partial charge in [0, 0.05) is 25.5 Å². The Morgan fingerprint density at radius 2 is 2.09 bits per heavy atom. The molecule has 3 aromatic rings. The molecule has 0 saturated carbocycles. The van der Waals surface area contributed by atoms with Gasteiger partial charge < -0.3 is 4.57 Å². The summed E-state index contributed by atoms with van der Waals surface area (Å²) in [5, 5.41) is 7.33. The van der Waals surface area contributed by atoms with Crippen LogP contribution in [0.5, 0.6) is 0 Å². The van der Waals surface area contributed by atoms with Gasteiger partial charge in [0.1, 0.15) is 5.82 Å². The molecule has 7 heteroatoms. The minimum absolute atomic E-state index is 0.151. The maximum atomic E-state index is 11.7. The van der Waals surface area contributed by atoms with E-state index in [1.54, 1.807) is 4.57 Å². The van der Waals surface area contributed by atoms with Crippen molar-refractivity contribution in [3.63, 3.8) is 0 Å². The van der Waals surface area contributed by atoms with E-state index >= 15 is 0 Å². The number of aromatic nitrogens is 5. The zero-order valence-electron chi connectivity index (χ0n) is 13.0. The number of hydrogen-bond acceptors (Lipinski definition) is 4. The van der Waals surface area contributed by atoms with Gasteiger partial charge >= 0.3 is 5.69 Å². The third kappa shape index (κ3) is 3.73. The molecule has 2 aromatic heterocycles. The van der Waals surface area contributed by atoms with Crippen molar-refractivity contribution in [1.29, 1.82) is 0 Å². The van der Waals surface area contributed by atoms with Gasteiger partial charge in [-0.2, -0.15) is 0 Å². The highest BCUT2D eigenvalue weighted by molar-refractivity contribution is 7.98. The van der Waals surface area contributed by atoms with Crippen molar-refractivity contribution < 1.29 is 0 Å². The predicted molar refractivity (Wildman–Crippen MR) is 90.5 cm³/mol. The summed E-state index contributed by atoms with van der Waals surface area (Å²) in [4.78, 5) is 16.1. The largest absolute Gasteiger partial charge is 0.343 e. The number of hydrogen-bond donors (Lipinski definition) is 1. The van der Waals surface area contributed by atoms with Gasteiger partial charge in [0.25, 0.3) is 0 Å². The number of aromatic amines is 1. The molecular formula is C16H19N5OS. The standard InChI is InChI=1S/C16H19N5OS/c1-2-9-21-15(22)18-19-16(21)23-12-14-17-8-10-20(14)11-13-6-4-3-5-7-13/h3-8,10H,2,9,11-12H2,1H3,(H,18,22). The highest BCUT2D eigenvalue weighted by Gasteiger charge is 2.10. The smallest absolute Gasteiger partial charge is 0.330 e. The Balaban J connectivity index is 1.70. The topological polar surface area (TPSA) is 68.5 Å². The minimum atomic E-state index is -0.151. The summed E-state index contributed by atoms with van der Waals surface area (Å²) in [5.74, 6) is 1.64. The molecule has 23 heavy (non-hydrogen) atoms. The van der Waals surface area contributed by atoms with Gasteiger partial charge in [-0.1, -0.05) is 49.0 Å². The molecule has 1 aromatic carbocycles. The van der Waals surface area contributed by atoms with Crippen LogP contribution in [0.4, 0.5) is 0 Å².